The molecule has 7 heteroatoms. The molecule has 2 N–H and O–H groups in total. The summed E-state index contributed by atoms with van der Waals surface area (Å²) in [5.74, 6) is -0.111. The Morgan fingerprint density at radius 2 is 1.80 bits per heavy atom. The maximum Gasteiger partial charge on any atom is 0.345 e. The van der Waals surface area contributed by atoms with Crippen LogP contribution < -0.4 is 16.0 Å². The number of benzene rings is 2. The van der Waals surface area contributed by atoms with E-state index in [0.717, 1.165) is 4.47 Å². The molecule has 3 rings (SSSR count). The van der Waals surface area contributed by atoms with E-state index < -0.39 is 11.5 Å². The number of methoxy groups -OCH3 is 2. The highest BCUT2D eigenvalue weighted by molar-refractivity contribution is 9.10. The first-order valence-electron chi connectivity index (χ1n) is 7.34. The van der Waals surface area contributed by atoms with E-state index in [2.05, 4.69) is 15.9 Å². The fraction of sp³-hybridized carbons (Fsp3) is 0.111. The second-order valence-corrected chi connectivity index (χ2v) is 6.20. The van der Waals surface area contributed by atoms with Crippen LogP contribution in [-0.2, 0) is 4.74 Å². The number of carbonyl (C=O) groups is 1. The van der Waals surface area contributed by atoms with Crippen molar-refractivity contribution in [2.45, 2.75) is 0 Å². The van der Waals surface area contributed by atoms with Gasteiger partial charge in [0.25, 0.3) is 5.56 Å². The number of hydrogen-bond donors (Lipinski definition) is 1. The van der Waals surface area contributed by atoms with Crippen molar-refractivity contribution in [2.24, 2.45) is 0 Å². The molecule has 0 bridgehead atoms. The fourth-order valence-corrected chi connectivity index (χ4v) is 3.02. The van der Waals surface area contributed by atoms with Crippen molar-refractivity contribution in [3.05, 3.63) is 62.9 Å². The predicted molar refractivity (Wildman–Crippen MR) is 99.5 cm³/mol. The van der Waals surface area contributed by atoms with Crippen LogP contribution in [0.15, 0.2) is 51.7 Å². The first-order chi connectivity index (χ1) is 12.0. The number of nitrogens with two attached hydrogens (primary N) is 1. The summed E-state index contributed by atoms with van der Waals surface area (Å²) >= 11 is 3.40. The Kier molecular flexibility index (Phi) is 4.50. The molecule has 0 saturated heterocycles. The molecule has 0 unspecified atom stereocenters. The lowest BCUT2D eigenvalue weighted by Crippen LogP contribution is -2.28. The third-order valence-corrected chi connectivity index (χ3v) is 4.39. The maximum absolute atomic E-state index is 13.0. The molecule has 2 aromatic carbocycles. The topological polar surface area (TPSA) is 83.6 Å². The van der Waals surface area contributed by atoms with Crippen molar-refractivity contribution in [3.8, 4) is 11.4 Å². The van der Waals surface area contributed by atoms with Crippen molar-refractivity contribution >= 4 is 38.5 Å². The van der Waals surface area contributed by atoms with Gasteiger partial charge in [0.05, 0.1) is 25.4 Å². The van der Waals surface area contributed by atoms with E-state index in [9.17, 15) is 9.59 Å². The molecule has 0 aliphatic rings. The van der Waals surface area contributed by atoms with Gasteiger partial charge < -0.3 is 15.2 Å². The smallest absolute Gasteiger partial charge is 0.345 e. The zero-order valence-electron chi connectivity index (χ0n) is 13.6. The summed E-state index contributed by atoms with van der Waals surface area (Å²) in [6.07, 6.45) is 0. The summed E-state index contributed by atoms with van der Waals surface area (Å²) in [5, 5.41) is 0.582. The molecule has 1 aromatic heterocycles. The number of anilines is 1. The number of pyridine rings is 1. The molecule has 0 aliphatic carbocycles. The van der Waals surface area contributed by atoms with E-state index in [-0.39, 0.29) is 11.3 Å². The van der Waals surface area contributed by atoms with E-state index in [1.54, 1.807) is 49.6 Å². The Bertz CT molecular complexity index is 1030. The van der Waals surface area contributed by atoms with Crippen molar-refractivity contribution in [3.63, 3.8) is 0 Å². The van der Waals surface area contributed by atoms with Crippen LogP contribution in [0.4, 0.5) is 5.69 Å². The van der Waals surface area contributed by atoms with Crippen LogP contribution in [0.1, 0.15) is 10.4 Å². The lowest BCUT2D eigenvalue weighted by Gasteiger charge is -2.15. The highest BCUT2D eigenvalue weighted by atomic mass is 79.9. The number of carbonyl (C=O) groups excluding carboxylic acids is 1. The molecule has 1 heterocycles. The van der Waals surface area contributed by atoms with Gasteiger partial charge >= 0.3 is 5.97 Å². The normalized spacial score (nSPS) is 10.7. The summed E-state index contributed by atoms with van der Waals surface area (Å²) in [4.78, 5) is 25.1. The number of nitrogen functional groups attached to an aromatic ring is 1. The minimum absolute atomic E-state index is 0.101. The SMILES string of the molecule is COC(=O)c1c(N)c2ccc(Br)cc2n(-c2ccc(OC)cc2)c1=O. The van der Waals surface area contributed by atoms with Gasteiger partial charge in [-0.2, -0.15) is 0 Å². The molecule has 0 saturated carbocycles. The van der Waals surface area contributed by atoms with Gasteiger partial charge in [0, 0.05) is 15.5 Å². The Morgan fingerprint density at radius 3 is 2.40 bits per heavy atom. The van der Waals surface area contributed by atoms with E-state index >= 15 is 0 Å². The van der Waals surface area contributed by atoms with Crippen LogP contribution in [0, 0.1) is 0 Å². The number of hydrogen-bond acceptors (Lipinski definition) is 5. The third kappa shape index (κ3) is 2.87. The monoisotopic (exact) mass is 402 g/mol. The van der Waals surface area contributed by atoms with E-state index in [1.165, 1.54) is 11.7 Å². The standard InChI is InChI=1S/C18H15BrN2O4/c1-24-12-6-4-11(5-7-12)21-14-9-10(19)3-8-13(14)16(20)15(17(21)22)18(23)25-2/h3-9H,20H2,1-2H3. The summed E-state index contributed by atoms with van der Waals surface area (Å²) in [5.41, 5.74) is 6.62. The quantitative estimate of drug-likeness (QED) is 0.680. The number of halogens is 1. The number of fused-ring (bicyclic) bond motifs is 1. The van der Waals surface area contributed by atoms with E-state index in [0.29, 0.717) is 22.3 Å². The Hall–Kier alpha value is -2.80. The van der Waals surface area contributed by atoms with Crippen molar-refractivity contribution in [1.29, 1.82) is 0 Å². The average molecular weight is 403 g/mol. The van der Waals surface area contributed by atoms with Gasteiger partial charge in [0.2, 0.25) is 0 Å². The number of nitrogens with zero attached hydrogens (tertiary/aromatic N) is 1. The van der Waals surface area contributed by atoms with Gasteiger partial charge in [-0.15, -0.1) is 0 Å². The lowest BCUT2D eigenvalue weighted by molar-refractivity contribution is 0.0600. The van der Waals surface area contributed by atoms with Crippen LogP contribution >= 0.6 is 15.9 Å². The highest BCUT2D eigenvalue weighted by Gasteiger charge is 2.22. The molecule has 0 fully saturated rings. The average Bonchev–Trinajstić information content (AvgIpc) is 2.62. The van der Waals surface area contributed by atoms with Crippen LogP contribution in [0.5, 0.6) is 5.75 Å². The zero-order chi connectivity index (χ0) is 18.1. The summed E-state index contributed by atoms with van der Waals surface area (Å²) in [6.45, 7) is 0. The predicted octanol–water partition coefficient (Wildman–Crippen LogP) is 3.13. The van der Waals surface area contributed by atoms with Crippen molar-refractivity contribution in [2.75, 3.05) is 20.0 Å². The summed E-state index contributed by atoms with van der Waals surface area (Å²) in [7, 11) is 2.77. The number of rotatable bonds is 3. The van der Waals surface area contributed by atoms with Gasteiger partial charge in [0.15, 0.2) is 0 Å². The minimum atomic E-state index is -0.769. The molecule has 0 aliphatic heterocycles. The Labute approximate surface area is 151 Å². The fourth-order valence-electron chi connectivity index (χ4n) is 2.68. The molecule has 128 valence electrons. The summed E-state index contributed by atoms with van der Waals surface area (Å²) < 4.78 is 12.1. The third-order valence-electron chi connectivity index (χ3n) is 3.90. The molecule has 3 aromatic rings. The molecule has 0 spiro atoms. The Balaban J connectivity index is 2.44. The molecule has 0 radical (unpaired) electrons. The summed E-state index contributed by atoms with van der Waals surface area (Å²) in [6, 6.07) is 12.3. The maximum atomic E-state index is 13.0. The molecule has 0 atom stereocenters. The van der Waals surface area contributed by atoms with E-state index in [1.807, 2.05) is 0 Å². The largest absolute Gasteiger partial charge is 0.497 e. The second-order valence-electron chi connectivity index (χ2n) is 5.28. The van der Waals surface area contributed by atoms with Crippen LogP contribution in [0.2, 0.25) is 0 Å². The molecule has 6 nitrogen and oxygen atoms in total. The van der Waals surface area contributed by atoms with Crippen LogP contribution in [-0.4, -0.2) is 24.8 Å². The zero-order valence-corrected chi connectivity index (χ0v) is 15.2. The highest BCUT2D eigenvalue weighted by Crippen LogP contribution is 2.28. The van der Waals surface area contributed by atoms with Gasteiger partial charge in [-0.25, -0.2) is 4.79 Å². The number of ether oxygens (including phenoxy) is 2. The number of aromatic nitrogens is 1. The van der Waals surface area contributed by atoms with Crippen molar-refractivity contribution < 1.29 is 14.3 Å². The lowest BCUT2D eigenvalue weighted by atomic mass is 10.1. The van der Waals surface area contributed by atoms with Crippen molar-refractivity contribution in [1.82, 2.24) is 4.57 Å². The van der Waals surface area contributed by atoms with Gasteiger partial charge in [-0.3, -0.25) is 9.36 Å². The second kappa shape index (κ2) is 6.60. The van der Waals surface area contributed by atoms with Gasteiger partial charge in [0.1, 0.15) is 11.3 Å². The Morgan fingerprint density at radius 1 is 1.12 bits per heavy atom. The number of esters is 1. The van der Waals surface area contributed by atoms with Gasteiger partial charge in [-0.05, 0) is 42.5 Å². The van der Waals surface area contributed by atoms with Crippen LogP contribution in [0.25, 0.3) is 16.6 Å². The van der Waals surface area contributed by atoms with Gasteiger partial charge in [-0.1, -0.05) is 15.9 Å². The minimum Gasteiger partial charge on any atom is -0.497 e. The molecule has 25 heavy (non-hydrogen) atoms. The van der Waals surface area contributed by atoms with Crippen LogP contribution in [0.3, 0.4) is 0 Å². The molecule has 0 amide bonds. The molecular formula is C18H15BrN2O4. The molecular weight excluding hydrogens is 388 g/mol. The van der Waals surface area contributed by atoms with E-state index in [4.69, 9.17) is 15.2 Å². The first-order valence-corrected chi connectivity index (χ1v) is 8.13. The first kappa shape index (κ1) is 17.0.